The summed E-state index contributed by atoms with van der Waals surface area (Å²) in [5, 5.41) is 6.92. The summed E-state index contributed by atoms with van der Waals surface area (Å²) < 4.78 is 1.55. The number of aryl methyl sites for hydroxylation is 2. The van der Waals surface area contributed by atoms with E-state index >= 15 is 0 Å². The largest absolute Gasteiger partial charge is 0.393 e. The zero-order valence-corrected chi connectivity index (χ0v) is 10.5. The Morgan fingerprint density at radius 1 is 1.75 bits per heavy atom. The molecule has 0 aliphatic rings. The van der Waals surface area contributed by atoms with Gasteiger partial charge in [-0.05, 0) is 19.9 Å². The van der Waals surface area contributed by atoms with Crippen LogP contribution < -0.4 is 11.1 Å². The second-order valence-corrected chi connectivity index (χ2v) is 4.36. The topological polar surface area (TPSA) is 72.9 Å². The van der Waals surface area contributed by atoms with Crippen molar-refractivity contribution in [3.05, 3.63) is 17.5 Å². The summed E-state index contributed by atoms with van der Waals surface area (Å²) >= 11 is 4.78. The number of nitrogens with one attached hydrogen (secondary N) is 1. The van der Waals surface area contributed by atoms with Crippen LogP contribution in [0, 0.1) is 6.92 Å². The van der Waals surface area contributed by atoms with Crippen molar-refractivity contribution >= 4 is 23.1 Å². The van der Waals surface area contributed by atoms with Gasteiger partial charge in [0.25, 0.3) is 5.91 Å². The zero-order chi connectivity index (χ0) is 12.3. The van der Waals surface area contributed by atoms with Gasteiger partial charge in [-0.1, -0.05) is 12.2 Å². The Morgan fingerprint density at radius 2 is 2.38 bits per heavy atom. The maximum atomic E-state index is 11.8. The Bertz CT molecular complexity index is 413. The van der Waals surface area contributed by atoms with E-state index in [0.29, 0.717) is 17.1 Å². The molecule has 5 nitrogen and oxygen atoms in total. The Hall–Kier alpha value is -1.43. The lowest BCUT2D eigenvalue weighted by molar-refractivity contribution is 0.0932. The van der Waals surface area contributed by atoms with Crippen molar-refractivity contribution in [2.24, 2.45) is 12.8 Å². The first-order valence-electron chi connectivity index (χ1n) is 5.00. The van der Waals surface area contributed by atoms with Crippen LogP contribution in [0.15, 0.2) is 6.07 Å². The normalized spacial score (nSPS) is 12.2. The van der Waals surface area contributed by atoms with E-state index in [1.54, 1.807) is 17.8 Å². The number of amides is 1. The Labute approximate surface area is 100 Å². The third kappa shape index (κ3) is 3.30. The van der Waals surface area contributed by atoms with Crippen molar-refractivity contribution in [1.82, 2.24) is 15.1 Å². The van der Waals surface area contributed by atoms with E-state index in [1.165, 1.54) is 0 Å². The molecule has 16 heavy (non-hydrogen) atoms. The molecule has 0 radical (unpaired) electrons. The average molecular weight is 240 g/mol. The van der Waals surface area contributed by atoms with E-state index in [2.05, 4.69) is 10.4 Å². The van der Waals surface area contributed by atoms with Gasteiger partial charge in [-0.2, -0.15) is 5.10 Å². The number of hydrogen-bond donors (Lipinski definition) is 2. The van der Waals surface area contributed by atoms with Gasteiger partial charge in [0.2, 0.25) is 0 Å². The molecule has 1 rings (SSSR count). The number of hydrogen-bond acceptors (Lipinski definition) is 3. The molecule has 0 aliphatic heterocycles. The van der Waals surface area contributed by atoms with E-state index in [9.17, 15) is 4.79 Å². The molecule has 0 saturated heterocycles. The summed E-state index contributed by atoms with van der Waals surface area (Å²) in [6, 6.07) is 1.67. The van der Waals surface area contributed by atoms with Crippen LogP contribution >= 0.6 is 12.2 Å². The molecule has 1 amide bonds. The van der Waals surface area contributed by atoms with Gasteiger partial charge >= 0.3 is 0 Å². The molecule has 0 spiro atoms. The van der Waals surface area contributed by atoms with Crippen LogP contribution in [0.5, 0.6) is 0 Å². The highest BCUT2D eigenvalue weighted by molar-refractivity contribution is 7.80. The number of nitrogens with zero attached hydrogens (tertiary/aromatic N) is 2. The fourth-order valence-electron chi connectivity index (χ4n) is 1.47. The van der Waals surface area contributed by atoms with E-state index in [1.807, 2.05) is 13.8 Å². The van der Waals surface area contributed by atoms with Crippen molar-refractivity contribution in [2.75, 3.05) is 0 Å². The molecular formula is C10H16N4OS. The summed E-state index contributed by atoms with van der Waals surface area (Å²) in [6.45, 7) is 3.70. The molecule has 6 heteroatoms. The van der Waals surface area contributed by atoms with E-state index in [4.69, 9.17) is 18.0 Å². The summed E-state index contributed by atoms with van der Waals surface area (Å²) in [5.41, 5.74) is 6.75. The summed E-state index contributed by atoms with van der Waals surface area (Å²) in [7, 11) is 1.74. The van der Waals surface area contributed by atoms with Gasteiger partial charge in [-0.25, -0.2) is 0 Å². The van der Waals surface area contributed by atoms with Crippen molar-refractivity contribution < 1.29 is 4.79 Å². The highest BCUT2D eigenvalue weighted by Crippen LogP contribution is 2.02. The highest BCUT2D eigenvalue weighted by atomic mass is 32.1. The molecular weight excluding hydrogens is 224 g/mol. The molecule has 1 aromatic heterocycles. The van der Waals surface area contributed by atoms with Crippen LogP contribution in [0.1, 0.15) is 29.5 Å². The molecule has 0 aliphatic carbocycles. The molecule has 1 aromatic rings. The minimum absolute atomic E-state index is 0.0693. The smallest absolute Gasteiger partial charge is 0.269 e. The fourth-order valence-corrected chi connectivity index (χ4v) is 1.72. The van der Waals surface area contributed by atoms with E-state index < -0.39 is 0 Å². The van der Waals surface area contributed by atoms with Crippen LogP contribution in [0.3, 0.4) is 0 Å². The van der Waals surface area contributed by atoms with Crippen LogP contribution in [0.4, 0.5) is 0 Å². The molecule has 1 heterocycles. The van der Waals surface area contributed by atoms with Crippen LogP contribution in [0.25, 0.3) is 0 Å². The minimum Gasteiger partial charge on any atom is -0.393 e. The monoisotopic (exact) mass is 240 g/mol. The average Bonchev–Trinajstić information content (AvgIpc) is 2.43. The molecule has 3 N–H and O–H groups in total. The molecule has 88 valence electrons. The lowest BCUT2D eigenvalue weighted by Gasteiger charge is -2.12. The third-order valence-corrected chi connectivity index (χ3v) is 2.29. The SMILES string of the molecule is Cc1cc(C(=O)NC(C)CC(N)=S)n(C)n1. The van der Waals surface area contributed by atoms with Gasteiger partial charge in [0.15, 0.2) is 0 Å². The van der Waals surface area contributed by atoms with Gasteiger partial charge in [0, 0.05) is 19.5 Å². The van der Waals surface area contributed by atoms with E-state index in [-0.39, 0.29) is 11.9 Å². The number of rotatable bonds is 4. The number of aromatic nitrogens is 2. The predicted octanol–water partition coefficient (Wildman–Crippen LogP) is 0.523. The van der Waals surface area contributed by atoms with Gasteiger partial charge in [-0.3, -0.25) is 9.48 Å². The zero-order valence-electron chi connectivity index (χ0n) is 9.65. The predicted molar refractivity (Wildman–Crippen MR) is 66.3 cm³/mol. The van der Waals surface area contributed by atoms with Crippen molar-refractivity contribution in [3.8, 4) is 0 Å². The first kappa shape index (κ1) is 12.6. The van der Waals surface area contributed by atoms with Gasteiger partial charge in [0.1, 0.15) is 5.69 Å². The molecule has 0 saturated carbocycles. The Kier molecular flexibility index (Phi) is 4.00. The molecule has 0 fully saturated rings. The second kappa shape index (κ2) is 5.07. The maximum Gasteiger partial charge on any atom is 0.269 e. The lowest BCUT2D eigenvalue weighted by atomic mass is 10.2. The van der Waals surface area contributed by atoms with Crippen LogP contribution in [0.2, 0.25) is 0 Å². The summed E-state index contributed by atoms with van der Waals surface area (Å²) in [4.78, 5) is 12.2. The van der Waals surface area contributed by atoms with Gasteiger partial charge < -0.3 is 11.1 Å². The first-order chi connectivity index (χ1) is 7.40. The number of thiocarbonyl (C=S) groups is 1. The lowest BCUT2D eigenvalue weighted by Crippen LogP contribution is -2.36. The number of carbonyl (C=O) groups is 1. The van der Waals surface area contributed by atoms with E-state index in [0.717, 1.165) is 5.69 Å². The third-order valence-electron chi connectivity index (χ3n) is 2.12. The van der Waals surface area contributed by atoms with Crippen molar-refractivity contribution in [3.63, 3.8) is 0 Å². The fraction of sp³-hybridized carbons (Fsp3) is 0.500. The Balaban J connectivity index is 2.65. The molecule has 1 unspecified atom stereocenters. The highest BCUT2D eigenvalue weighted by Gasteiger charge is 2.14. The van der Waals surface area contributed by atoms with Gasteiger partial charge in [0.05, 0.1) is 10.7 Å². The quantitative estimate of drug-likeness (QED) is 0.753. The second-order valence-electron chi connectivity index (χ2n) is 3.84. The van der Waals surface area contributed by atoms with Crippen molar-refractivity contribution in [2.45, 2.75) is 26.3 Å². The molecule has 0 bridgehead atoms. The van der Waals surface area contributed by atoms with Crippen molar-refractivity contribution in [1.29, 1.82) is 0 Å². The Morgan fingerprint density at radius 3 is 2.81 bits per heavy atom. The first-order valence-corrected chi connectivity index (χ1v) is 5.40. The molecule has 1 atom stereocenters. The summed E-state index contributed by atoms with van der Waals surface area (Å²) in [6.07, 6.45) is 0.498. The van der Waals surface area contributed by atoms with Gasteiger partial charge in [-0.15, -0.1) is 0 Å². The maximum absolute atomic E-state index is 11.8. The van der Waals surface area contributed by atoms with Crippen LogP contribution in [-0.4, -0.2) is 26.7 Å². The summed E-state index contributed by atoms with van der Waals surface area (Å²) in [5.74, 6) is -0.160. The number of carbonyl (C=O) groups excluding carboxylic acids is 1. The number of nitrogens with two attached hydrogens (primary N) is 1. The molecule has 0 aromatic carbocycles. The van der Waals surface area contributed by atoms with Crippen LogP contribution in [-0.2, 0) is 7.05 Å². The standard InChI is InChI=1S/C10H16N4OS/c1-6(5-9(11)16)12-10(15)8-4-7(2)13-14(8)3/h4,6H,5H2,1-3H3,(H2,11,16)(H,12,15). The minimum atomic E-state index is -0.160.